The van der Waals surface area contributed by atoms with E-state index in [1.165, 1.54) is 132 Å². The largest absolute Gasteiger partial charge is 0.334 e. The molecule has 0 saturated carbocycles. The molecule has 0 radical (unpaired) electrons. The molecule has 0 bridgehead atoms. The first-order valence-electron chi connectivity index (χ1n) is 24.4. The first-order chi connectivity index (χ1) is 34.1. The lowest BCUT2D eigenvalue weighted by Gasteiger charge is -2.34. The fourth-order valence-electron chi connectivity index (χ4n) is 13.0. The maximum atomic E-state index is 3.68. The van der Waals surface area contributed by atoms with Crippen molar-refractivity contribution < 1.29 is 0 Å². The molecule has 0 N–H and O–H groups in total. The Morgan fingerprint density at radius 1 is 0.435 bits per heavy atom. The number of para-hydroxylation sites is 4. The van der Waals surface area contributed by atoms with Gasteiger partial charge in [0.15, 0.2) is 0 Å². The van der Waals surface area contributed by atoms with Crippen molar-refractivity contribution in [2.24, 2.45) is 0 Å². The predicted molar refractivity (Wildman–Crippen MR) is 293 cm³/mol. The highest BCUT2D eigenvalue weighted by Gasteiger charge is 2.38. The van der Waals surface area contributed by atoms with Crippen molar-refractivity contribution in [1.82, 2.24) is 0 Å². The van der Waals surface area contributed by atoms with E-state index in [-0.39, 0.29) is 12.0 Å². The Hall–Kier alpha value is -8.64. The van der Waals surface area contributed by atoms with E-state index in [0.717, 1.165) is 17.8 Å². The van der Waals surface area contributed by atoms with Gasteiger partial charge in [-0.15, -0.1) is 0 Å². The van der Waals surface area contributed by atoms with Gasteiger partial charge in [-0.2, -0.15) is 0 Å². The second-order valence-corrected chi connectivity index (χ2v) is 19.2. The predicted octanol–water partition coefficient (Wildman–Crippen LogP) is 18.3. The van der Waals surface area contributed by atoms with Gasteiger partial charge in [0.25, 0.3) is 0 Å². The van der Waals surface area contributed by atoms with Crippen LogP contribution in [0.1, 0.15) is 37.3 Å². The van der Waals surface area contributed by atoms with Gasteiger partial charge in [0.05, 0.1) is 11.7 Å². The molecule has 15 rings (SSSR count). The zero-order valence-corrected chi connectivity index (χ0v) is 38.4. The van der Waals surface area contributed by atoms with Gasteiger partial charge in [-0.1, -0.05) is 140 Å². The number of hydrogen-bond donors (Lipinski definition) is 0. The normalized spacial score (nSPS) is 15.0. The third-order valence-corrected chi connectivity index (χ3v) is 15.8. The highest BCUT2D eigenvalue weighted by Crippen LogP contribution is 2.58. The summed E-state index contributed by atoms with van der Waals surface area (Å²) in [7, 11) is 0. The molecule has 2 atom stereocenters. The number of fused-ring (bicyclic) bond motifs is 11. The van der Waals surface area contributed by atoms with Crippen molar-refractivity contribution in [3.63, 3.8) is 0 Å². The minimum Gasteiger partial charge on any atom is -0.334 e. The quantitative estimate of drug-likeness (QED) is 0.140. The Morgan fingerprint density at radius 2 is 0.942 bits per heavy atom. The summed E-state index contributed by atoms with van der Waals surface area (Å²) in [5.41, 5.74) is 25.1. The van der Waals surface area contributed by atoms with Crippen LogP contribution in [0.5, 0.6) is 0 Å². The molecule has 3 aliphatic rings. The molecule has 69 heavy (non-hydrogen) atoms. The molecular weight excluding hydrogens is 833 g/mol. The summed E-state index contributed by atoms with van der Waals surface area (Å²) < 4.78 is 0. The second kappa shape index (κ2) is 14.4. The van der Waals surface area contributed by atoms with Crippen LogP contribution < -0.4 is 9.80 Å². The zero-order chi connectivity index (χ0) is 45.5. The van der Waals surface area contributed by atoms with E-state index in [1.54, 1.807) is 0 Å². The van der Waals surface area contributed by atoms with E-state index >= 15 is 0 Å². The van der Waals surface area contributed by atoms with Gasteiger partial charge in [0, 0.05) is 39.6 Å². The smallest absolute Gasteiger partial charge is 0.0645 e. The van der Waals surface area contributed by atoms with Crippen LogP contribution in [0.2, 0.25) is 0 Å². The molecule has 12 aromatic carbocycles. The molecule has 0 amide bonds. The molecule has 2 nitrogen and oxygen atoms in total. The van der Waals surface area contributed by atoms with Crippen LogP contribution in [0.25, 0.3) is 92.5 Å². The van der Waals surface area contributed by atoms with Crippen molar-refractivity contribution in [3.05, 3.63) is 240 Å². The van der Waals surface area contributed by atoms with Crippen molar-refractivity contribution in [1.29, 1.82) is 0 Å². The zero-order valence-electron chi connectivity index (χ0n) is 38.4. The molecule has 0 aromatic heterocycles. The van der Waals surface area contributed by atoms with Crippen LogP contribution in [0.4, 0.5) is 28.4 Å². The van der Waals surface area contributed by atoms with Crippen LogP contribution in [0, 0.1) is 0 Å². The van der Waals surface area contributed by atoms with E-state index in [9.17, 15) is 0 Å². The lowest BCUT2D eigenvalue weighted by atomic mass is 9.84. The number of benzene rings is 10. The summed E-state index contributed by atoms with van der Waals surface area (Å²) in [5.74, 6) is 0.261. The van der Waals surface area contributed by atoms with Crippen LogP contribution in [0.3, 0.4) is 0 Å². The lowest BCUT2D eigenvalue weighted by Crippen LogP contribution is -2.31. The molecule has 3 aliphatic carbocycles. The monoisotopic (exact) mass is 876 g/mol. The number of allylic oxidation sites excluding steroid dienone is 2. The Morgan fingerprint density at radius 3 is 1.52 bits per heavy atom. The highest BCUT2D eigenvalue weighted by molar-refractivity contribution is 6.40. The summed E-state index contributed by atoms with van der Waals surface area (Å²) in [6, 6.07) is 74.4. The van der Waals surface area contributed by atoms with Gasteiger partial charge in [-0.25, -0.2) is 0 Å². The average Bonchev–Trinajstić information content (AvgIpc) is 4.11. The Kier molecular flexibility index (Phi) is 8.04. The molecule has 12 aromatic rings. The molecule has 0 saturated heterocycles. The summed E-state index contributed by atoms with van der Waals surface area (Å²) in [6.45, 7) is 4.68. The standard InChI is InChI=1S/C67H44N2/c1-3-45-55-36-59-50-30-31-53-62-39-58-49-34-35-63(69(43-22-12-6-13-23-43)44-24-14-7-15-25-44)54-29-17-28-48(65(49)54)57(58)38-61(62)52-33-32-51(66(50)67(52)53)60(59)37-56(55)47-27-16-26-46(64(45)47)40(2)68(41-18-8-4-9-19-41)42-20-10-5-11-21-42/h4-15,17-25,27-40,45H,3H2,1-2H3. The minimum absolute atomic E-state index is 0.0376. The fraction of sp³-hybridized carbons (Fsp3) is 0.0746. The van der Waals surface area contributed by atoms with Crippen molar-refractivity contribution in [3.8, 4) is 22.3 Å². The SMILES string of the molecule is CCC1C2=C(C=C=C=C2C(C)N(c2ccccc2)c2ccccc2)c2cc3c(cc21)-c1ccc2c4cc5c(cc4c4ccc-3c1c42)c1cccc2c(N(c3ccccc3)c3ccccc3)ccc5c21. The molecular formula is C67H44N2. The maximum absolute atomic E-state index is 3.68. The third kappa shape index (κ3) is 5.28. The van der Waals surface area contributed by atoms with Crippen LogP contribution in [-0.4, -0.2) is 6.04 Å². The summed E-state index contributed by atoms with van der Waals surface area (Å²) in [5, 5.41) is 16.0. The van der Waals surface area contributed by atoms with Crippen LogP contribution in [-0.2, 0) is 0 Å². The van der Waals surface area contributed by atoms with E-state index in [4.69, 9.17) is 0 Å². The van der Waals surface area contributed by atoms with E-state index in [1.807, 2.05) is 0 Å². The maximum Gasteiger partial charge on any atom is 0.0645 e. The van der Waals surface area contributed by atoms with Gasteiger partial charge in [-0.05, 0) is 202 Å². The van der Waals surface area contributed by atoms with E-state index in [0.29, 0.717) is 0 Å². The van der Waals surface area contributed by atoms with Gasteiger partial charge < -0.3 is 9.80 Å². The van der Waals surface area contributed by atoms with Gasteiger partial charge in [0.1, 0.15) is 0 Å². The minimum atomic E-state index is 0.0376. The Labute approximate surface area is 401 Å². The third-order valence-electron chi connectivity index (χ3n) is 15.8. The van der Waals surface area contributed by atoms with Crippen molar-refractivity contribution in [2.75, 3.05) is 9.80 Å². The fourth-order valence-corrected chi connectivity index (χ4v) is 13.0. The molecule has 0 aliphatic heterocycles. The summed E-state index contributed by atoms with van der Waals surface area (Å²) in [6.07, 6.45) is 3.21. The first kappa shape index (κ1) is 38.5. The van der Waals surface area contributed by atoms with Crippen LogP contribution >= 0.6 is 0 Å². The van der Waals surface area contributed by atoms with Crippen LogP contribution in [0.15, 0.2) is 229 Å². The summed E-state index contributed by atoms with van der Waals surface area (Å²) >= 11 is 0. The van der Waals surface area contributed by atoms with Gasteiger partial charge in [0.2, 0.25) is 0 Å². The number of nitrogens with zero attached hydrogens (tertiary/aromatic N) is 2. The average molecular weight is 877 g/mol. The molecule has 0 fully saturated rings. The first-order valence-corrected chi connectivity index (χ1v) is 24.4. The lowest BCUT2D eigenvalue weighted by molar-refractivity contribution is 0.741. The topological polar surface area (TPSA) is 6.48 Å². The summed E-state index contributed by atoms with van der Waals surface area (Å²) in [4.78, 5) is 4.85. The molecule has 2 heteroatoms. The number of anilines is 5. The molecule has 0 spiro atoms. The number of hydrogen-bond acceptors (Lipinski definition) is 2. The van der Waals surface area contributed by atoms with E-state index < -0.39 is 0 Å². The second-order valence-electron chi connectivity index (χ2n) is 19.2. The Balaban J connectivity index is 0.868. The molecule has 322 valence electrons. The van der Waals surface area contributed by atoms with Crippen molar-refractivity contribution >= 4 is 98.6 Å². The van der Waals surface area contributed by atoms with Gasteiger partial charge in [-0.3, -0.25) is 0 Å². The van der Waals surface area contributed by atoms with Gasteiger partial charge >= 0.3 is 0 Å². The molecule has 2 unspecified atom stereocenters. The molecule has 0 heterocycles. The number of rotatable bonds is 8. The van der Waals surface area contributed by atoms with Crippen molar-refractivity contribution in [2.45, 2.75) is 32.2 Å². The van der Waals surface area contributed by atoms with E-state index in [2.05, 4.69) is 241 Å². The Bertz CT molecular complexity index is 4110. The highest BCUT2D eigenvalue weighted by atomic mass is 15.2.